The summed E-state index contributed by atoms with van der Waals surface area (Å²) in [4.78, 5) is 17.7. The van der Waals surface area contributed by atoms with Gasteiger partial charge < -0.3 is 15.5 Å². The first-order valence-corrected chi connectivity index (χ1v) is 7.24. The number of nitriles is 2. The molecule has 1 unspecified atom stereocenters. The van der Waals surface area contributed by atoms with Crippen molar-refractivity contribution in [2.45, 2.75) is 18.9 Å². The molecule has 114 valence electrons. The Bertz CT molecular complexity index is 586. The van der Waals surface area contributed by atoms with Gasteiger partial charge in [-0.25, -0.2) is 4.98 Å². The molecular weight excluding hydrogens is 280 g/mol. The maximum atomic E-state index is 12.0. The van der Waals surface area contributed by atoms with Gasteiger partial charge in [-0.05, 0) is 25.0 Å². The first kappa shape index (κ1) is 15.7. The van der Waals surface area contributed by atoms with Gasteiger partial charge in [-0.15, -0.1) is 0 Å². The number of aromatic nitrogens is 1. The molecule has 1 aromatic rings. The minimum atomic E-state index is -0.268. The molecule has 0 aliphatic carbocycles. The zero-order valence-electron chi connectivity index (χ0n) is 12.2. The van der Waals surface area contributed by atoms with Crippen molar-refractivity contribution < 1.29 is 4.79 Å². The quantitative estimate of drug-likeness (QED) is 0.740. The molecule has 7 nitrogen and oxygen atoms in total. The predicted molar refractivity (Wildman–Crippen MR) is 80.7 cm³/mol. The second-order valence-corrected chi connectivity index (χ2v) is 5.02. The lowest BCUT2D eigenvalue weighted by atomic mass is 10.2. The highest BCUT2D eigenvalue weighted by Crippen LogP contribution is 2.15. The van der Waals surface area contributed by atoms with Crippen LogP contribution in [-0.2, 0) is 4.79 Å². The minimum absolute atomic E-state index is 0.0273. The molecule has 1 amide bonds. The fraction of sp³-hybridized carbons (Fsp3) is 0.467. The first-order chi connectivity index (χ1) is 10.7. The van der Waals surface area contributed by atoms with E-state index in [2.05, 4.69) is 21.7 Å². The summed E-state index contributed by atoms with van der Waals surface area (Å²) in [5.74, 6) is 0.664. The Hall–Kier alpha value is -2.64. The zero-order valence-corrected chi connectivity index (χ0v) is 12.2. The topological polar surface area (TPSA) is 105 Å². The number of carbonyl (C=O) groups excluding carboxylic acids is 1. The number of hydrogen-bond acceptors (Lipinski definition) is 6. The molecule has 1 fully saturated rings. The number of amides is 1. The maximum absolute atomic E-state index is 12.0. The van der Waals surface area contributed by atoms with E-state index in [1.54, 1.807) is 17.0 Å². The van der Waals surface area contributed by atoms with E-state index in [0.29, 0.717) is 31.0 Å². The molecule has 1 aromatic heterocycles. The Morgan fingerprint density at radius 2 is 2.27 bits per heavy atom. The van der Waals surface area contributed by atoms with Crippen LogP contribution in [0.1, 0.15) is 18.4 Å². The number of likely N-dealkylation sites (tertiary alicyclic amines) is 1. The van der Waals surface area contributed by atoms with Crippen LogP contribution < -0.4 is 10.6 Å². The SMILES string of the molecule is N#Cc1ccc(NCCNCC(=O)N2CCCC2C#N)nc1. The van der Waals surface area contributed by atoms with Crippen LogP contribution in [-0.4, -0.2) is 48.0 Å². The highest BCUT2D eigenvalue weighted by molar-refractivity contribution is 5.79. The summed E-state index contributed by atoms with van der Waals surface area (Å²) in [5, 5.41) is 23.8. The Morgan fingerprint density at radius 3 is 2.95 bits per heavy atom. The van der Waals surface area contributed by atoms with E-state index in [4.69, 9.17) is 10.5 Å². The minimum Gasteiger partial charge on any atom is -0.369 e. The van der Waals surface area contributed by atoms with Gasteiger partial charge >= 0.3 is 0 Å². The van der Waals surface area contributed by atoms with E-state index in [1.165, 1.54) is 6.20 Å². The standard InChI is InChI=1S/C15H18N6O/c16-8-12-3-4-14(20-10-12)19-6-5-18-11-15(22)21-7-1-2-13(21)9-17/h3-4,10,13,18H,1-2,5-7,11H2,(H,19,20). The number of nitrogens with zero attached hydrogens (tertiary/aromatic N) is 4. The van der Waals surface area contributed by atoms with Gasteiger partial charge in [-0.3, -0.25) is 4.79 Å². The summed E-state index contributed by atoms with van der Waals surface area (Å²) in [6.07, 6.45) is 3.18. The van der Waals surface area contributed by atoms with Crippen molar-refractivity contribution in [3.63, 3.8) is 0 Å². The van der Waals surface area contributed by atoms with Gasteiger partial charge in [0.15, 0.2) is 0 Å². The van der Waals surface area contributed by atoms with Crippen LogP contribution in [0.25, 0.3) is 0 Å². The van der Waals surface area contributed by atoms with E-state index in [0.717, 1.165) is 12.8 Å². The van der Waals surface area contributed by atoms with Crippen molar-refractivity contribution in [1.29, 1.82) is 10.5 Å². The van der Waals surface area contributed by atoms with Crippen molar-refractivity contribution in [2.75, 3.05) is 31.5 Å². The number of anilines is 1. The summed E-state index contributed by atoms with van der Waals surface area (Å²) >= 11 is 0. The van der Waals surface area contributed by atoms with Crippen LogP contribution in [0.15, 0.2) is 18.3 Å². The molecule has 1 saturated heterocycles. The van der Waals surface area contributed by atoms with Crippen molar-refractivity contribution in [1.82, 2.24) is 15.2 Å². The maximum Gasteiger partial charge on any atom is 0.237 e. The van der Waals surface area contributed by atoms with Crippen molar-refractivity contribution in [3.8, 4) is 12.1 Å². The van der Waals surface area contributed by atoms with Gasteiger partial charge in [0.2, 0.25) is 5.91 Å². The highest BCUT2D eigenvalue weighted by Gasteiger charge is 2.27. The second-order valence-electron chi connectivity index (χ2n) is 5.02. The monoisotopic (exact) mass is 298 g/mol. The molecule has 2 rings (SSSR count). The average Bonchev–Trinajstić information content (AvgIpc) is 3.03. The predicted octanol–water partition coefficient (Wildman–Crippen LogP) is 0.469. The van der Waals surface area contributed by atoms with E-state index in [-0.39, 0.29) is 18.5 Å². The Labute approximate surface area is 129 Å². The van der Waals surface area contributed by atoms with Gasteiger partial charge in [-0.2, -0.15) is 10.5 Å². The fourth-order valence-corrected chi connectivity index (χ4v) is 2.34. The van der Waals surface area contributed by atoms with Crippen molar-refractivity contribution in [2.24, 2.45) is 0 Å². The summed E-state index contributed by atoms with van der Waals surface area (Å²) in [6.45, 7) is 2.14. The molecule has 1 atom stereocenters. The van der Waals surface area contributed by atoms with Gasteiger partial charge in [0, 0.05) is 25.8 Å². The van der Waals surface area contributed by atoms with E-state index in [1.807, 2.05) is 6.07 Å². The number of rotatable bonds is 6. The first-order valence-electron chi connectivity index (χ1n) is 7.24. The molecule has 0 saturated carbocycles. The normalized spacial score (nSPS) is 16.8. The van der Waals surface area contributed by atoms with Gasteiger partial charge in [0.05, 0.1) is 18.2 Å². The molecule has 2 N–H and O–H groups in total. The van der Waals surface area contributed by atoms with E-state index in [9.17, 15) is 4.79 Å². The lowest BCUT2D eigenvalue weighted by molar-refractivity contribution is -0.130. The Balaban J connectivity index is 1.64. The summed E-state index contributed by atoms with van der Waals surface area (Å²) < 4.78 is 0. The van der Waals surface area contributed by atoms with Crippen LogP contribution >= 0.6 is 0 Å². The smallest absolute Gasteiger partial charge is 0.237 e. The van der Waals surface area contributed by atoms with Gasteiger partial charge in [0.1, 0.15) is 17.9 Å². The molecule has 1 aliphatic heterocycles. The van der Waals surface area contributed by atoms with Crippen LogP contribution in [0.2, 0.25) is 0 Å². The fourth-order valence-electron chi connectivity index (χ4n) is 2.34. The lowest BCUT2D eigenvalue weighted by Crippen LogP contribution is -2.41. The summed E-state index contributed by atoms with van der Waals surface area (Å²) in [7, 11) is 0. The number of nitrogens with one attached hydrogen (secondary N) is 2. The molecule has 0 aromatic carbocycles. The van der Waals surface area contributed by atoms with Crippen LogP contribution in [0, 0.1) is 22.7 Å². The molecule has 1 aliphatic rings. The van der Waals surface area contributed by atoms with Crippen LogP contribution in [0.5, 0.6) is 0 Å². The molecular formula is C15H18N6O. The second kappa shape index (κ2) is 7.96. The zero-order chi connectivity index (χ0) is 15.8. The van der Waals surface area contributed by atoms with E-state index >= 15 is 0 Å². The van der Waals surface area contributed by atoms with Crippen LogP contribution in [0.4, 0.5) is 5.82 Å². The third-order valence-corrected chi connectivity index (χ3v) is 3.50. The molecule has 0 radical (unpaired) electrons. The average molecular weight is 298 g/mol. The molecule has 0 bridgehead atoms. The van der Waals surface area contributed by atoms with Crippen molar-refractivity contribution in [3.05, 3.63) is 23.9 Å². The largest absolute Gasteiger partial charge is 0.369 e. The highest BCUT2D eigenvalue weighted by atomic mass is 16.2. The molecule has 22 heavy (non-hydrogen) atoms. The van der Waals surface area contributed by atoms with Gasteiger partial charge in [-0.1, -0.05) is 0 Å². The third kappa shape index (κ3) is 4.18. The van der Waals surface area contributed by atoms with Crippen molar-refractivity contribution >= 4 is 11.7 Å². The summed E-state index contributed by atoms with van der Waals surface area (Å²) in [5.41, 5.74) is 0.520. The number of pyridine rings is 1. The third-order valence-electron chi connectivity index (χ3n) is 3.50. The number of hydrogen-bond donors (Lipinski definition) is 2. The number of carbonyl (C=O) groups is 1. The Kier molecular flexibility index (Phi) is 5.70. The lowest BCUT2D eigenvalue weighted by Gasteiger charge is -2.19. The Morgan fingerprint density at radius 1 is 1.41 bits per heavy atom. The summed E-state index contributed by atoms with van der Waals surface area (Å²) in [6, 6.07) is 7.34. The van der Waals surface area contributed by atoms with Gasteiger partial charge in [0.25, 0.3) is 0 Å². The molecule has 2 heterocycles. The van der Waals surface area contributed by atoms with E-state index < -0.39 is 0 Å². The molecule has 0 spiro atoms. The molecule has 7 heteroatoms. The van der Waals surface area contributed by atoms with Crippen LogP contribution in [0.3, 0.4) is 0 Å².